The van der Waals surface area contributed by atoms with Gasteiger partial charge in [-0.25, -0.2) is 4.98 Å². The van der Waals surface area contributed by atoms with Gasteiger partial charge in [0.2, 0.25) is 5.82 Å². The Labute approximate surface area is 111 Å². The molecule has 102 valence electrons. The highest BCUT2D eigenvalue weighted by atomic mass is 16.6. The van der Waals surface area contributed by atoms with Gasteiger partial charge in [-0.15, -0.1) is 0 Å². The van der Waals surface area contributed by atoms with Crippen LogP contribution in [-0.4, -0.2) is 28.7 Å². The van der Waals surface area contributed by atoms with Crippen LogP contribution in [0.15, 0.2) is 18.3 Å². The van der Waals surface area contributed by atoms with Gasteiger partial charge in [0.05, 0.1) is 11.0 Å². The van der Waals surface area contributed by atoms with Crippen molar-refractivity contribution in [1.82, 2.24) is 4.98 Å². The maximum absolute atomic E-state index is 11.0. The molecular formula is C13H17N3O3. The quantitative estimate of drug-likeness (QED) is 0.669. The average molecular weight is 263 g/mol. The Morgan fingerprint density at radius 3 is 3.16 bits per heavy atom. The van der Waals surface area contributed by atoms with Crippen LogP contribution in [0.4, 0.5) is 11.5 Å². The summed E-state index contributed by atoms with van der Waals surface area (Å²) in [5, 5.41) is 14.3. The minimum Gasteiger partial charge on any atom is -0.378 e. The number of ether oxygens (including phenoxy) is 1. The van der Waals surface area contributed by atoms with Gasteiger partial charge in [-0.2, -0.15) is 0 Å². The Bertz CT molecular complexity index is 480. The predicted molar refractivity (Wildman–Crippen MR) is 70.0 cm³/mol. The second kappa shape index (κ2) is 5.13. The van der Waals surface area contributed by atoms with Gasteiger partial charge in [-0.05, 0) is 31.7 Å². The molecule has 2 fully saturated rings. The molecule has 3 unspecified atom stereocenters. The van der Waals surface area contributed by atoms with E-state index >= 15 is 0 Å². The van der Waals surface area contributed by atoms with Crippen molar-refractivity contribution >= 4 is 11.5 Å². The van der Waals surface area contributed by atoms with Crippen LogP contribution in [0.1, 0.15) is 25.7 Å². The van der Waals surface area contributed by atoms with E-state index in [4.69, 9.17) is 4.74 Å². The lowest BCUT2D eigenvalue weighted by Gasteiger charge is -2.33. The number of rotatable bonds is 3. The third-order valence-corrected chi connectivity index (χ3v) is 4.09. The molecule has 3 rings (SSSR count). The number of nitrogens with zero attached hydrogens (tertiary/aromatic N) is 2. The molecule has 0 spiro atoms. The Balaban J connectivity index is 1.79. The molecular weight excluding hydrogens is 246 g/mol. The number of nitrogens with one attached hydrogen (secondary N) is 1. The van der Waals surface area contributed by atoms with Crippen LogP contribution in [-0.2, 0) is 4.74 Å². The normalized spacial score (nSPS) is 29.8. The lowest BCUT2D eigenvalue weighted by atomic mass is 9.82. The minimum absolute atomic E-state index is 0.0449. The van der Waals surface area contributed by atoms with E-state index in [2.05, 4.69) is 10.3 Å². The van der Waals surface area contributed by atoms with Gasteiger partial charge in [0.15, 0.2) is 0 Å². The number of nitro groups is 1. The first-order valence-electron chi connectivity index (χ1n) is 6.73. The van der Waals surface area contributed by atoms with Crippen LogP contribution in [0.25, 0.3) is 0 Å². The second-order valence-corrected chi connectivity index (χ2v) is 5.17. The van der Waals surface area contributed by atoms with E-state index < -0.39 is 0 Å². The van der Waals surface area contributed by atoms with E-state index in [0.29, 0.717) is 17.8 Å². The van der Waals surface area contributed by atoms with E-state index in [1.807, 2.05) is 0 Å². The maximum Gasteiger partial charge on any atom is 0.311 e. The summed E-state index contributed by atoms with van der Waals surface area (Å²) in [6.07, 6.45) is 6.16. The van der Waals surface area contributed by atoms with Crippen LogP contribution in [0.3, 0.4) is 0 Å². The number of anilines is 1. The Kier molecular flexibility index (Phi) is 3.33. The van der Waals surface area contributed by atoms with Crippen LogP contribution < -0.4 is 5.32 Å². The summed E-state index contributed by atoms with van der Waals surface area (Å²) in [6, 6.07) is 3.31. The first-order valence-corrected chi connectivity index (χ1v) is 6.73. The lowest BCUT2D eigenvalue weighted by Crippen LogP contribution is -2.38. The van der Waals surface area contributed by atoms with E-state index in [1.54, 1.807) is 12.3 Å². The van der Waals surface area contributed by atoms with Crippen molar-refractivity contribution in [3.05, 3.63) is 28.4 Å². The monoisotopic (exact) mass is 263 g/mol. The first kappa shape index (κ1) is 12.3. The summed E-state index contributed by atoms with van der Waals surface area (Å²) in [5.74, 6) is 0.834. The number of pyridine rings is 1. The van der Waals surface area contributed by atoms with Gasteiger partial charge in [-0.3, -0.25) is 10.1 Å². The molecule has 1 saturated heterocycles. The van der Waals surface area contributed by atoms with Crippen molar-refractivity contribution in [2.75, 3.05) is 11.9 Å². The van der Waals surface area contributed by atoms with Crippen LogP contribution in [0.2, 0.25) is 0 Å². The largest absolute Gasteiger partial charge is 0.378 e. The summed E-state index contributed by atoms with van der Waals surface area (Å²) in [6.45, 7) is 0.803. The fourth-order valence-corrected chi connectivity index (χ4v) is 3.19. The van der Waals surface area contributed by atoms with E-state index in [-0.39, 0.29) is 16.7 Å². The zero-order chi connectivity index (χ0) is 13.2. The predicted octanol–water partition coefficient (Wildman–Crippen LogP) is 2.36. The third-order valence-electron chi connectivity index (χ3n) is 4.09. The van der Waals surface area contributed by atoms with Gasteiger partial charge in [0.1, 0.15) is 0 Å². The topological polar surface area (TPSA) is 77.3 Å². The van der Waals surface area contributed by atoms with Crippen molar-refractivity contribution in [1.29, 1.82) is 0 Å². The molecule has 3 atom stereocenters. The molecule has 1 aromatic heterocycles. The minimum atomic E-state index is -0.388. The molecule has 2 heterocycles. The average Bonchev–Trinajstić information content (AvgIpc) is 2.88. The molecule has 19 heavy (non-hydrogen) atoms. The van der Waals surface area contributed by atoms with Crippen molar-refractivity contribution in [3.63, 3.8) is 0 Å². The van der Waals surface area contributed by atoms with Gasteiger partial charge in [-0.1, -0.05) is 0 Å². The molecule has 0 amide bonds. The maximum atomic E-state index is 11.0. The van der Waals surface area contributed by atoms with Gasteiger partial charge >= 0.3 is 5.69 Å². The Hall–Kier alpha value is -1.69. The van der Waals surface area contributed by atoms with Crippen LogP contribution in [0, 0.1) is 16.0 Å². The molecule has 1 saturated carbocycles. The molecule has 1 aliphatic carbocycles. The summed E-state index contributed by atoms with van der Waals surface area (Å²) in [4.78, 5) is 14.7. The fourth-order valence-electron chi connectivity index (χ4n) is 3.19. The van der Waals surface area contributed by atoms with E-state index in [1.165, 1.54) is 6.07 Å². The number of hydrogen-bond acceptors (Lipinski definition) is 5. The third kappa shape index (κ3) is 2.40. The van der Waals surface area contributed by atoms with Crippen molar-refractivity contribution in [2.45, 2.75) is 37.8 Å². The zero-order valence-corrected chi connectivity index (χ0v) is 10.6. The molecule has 1 aliphatic heterocycles. The van der Waals surface area contributed by atoms with Gasteiger partial charge in [0, 0.05) is 30.8 Å². The summed E-state index contributed by atoms with van der Waals surface area (Å²) >= 11 is 0. The highest BCUT2D eigenvalue weighted by Gasteiger charge is 2.38. The second-order valence-electron chi connectivity index (χ2n) is 5.17. The lowest BCUT2D eigenvalue weighted by molar-refractivity contribution is -0.384. The molecule has 0 radical (unpaired) electrons. The van der Waals surface area contributed by atoms with Gasteiger partial charge < -0.3 is 10.1 Å². The molecule has 1 N–H and O–H groups in total. The summed E-state index contributed by atoms with van der Waals surface area (Å²) < 4.78 is 5.71. The molecule has 0 aromatic carbocycles. The van der Waals surface area contributed by atoms with Crippen molar-refractivity contribution < 1.29 is 9.66 Å². The van der Waals surface area contributed by atoms with Gasteiger partial charge in [0.25, 0.3) is 0 Å². The molecule has 2 aliphatic rings. The Morgan fingerprint density at radius 2 is 2.32 bits per heavy atom. The van der Waals surface area contributed by atoms with Crippen molar-refractivity contribution in [2.24, 2.45) is 5.92 Å². The SMILES string of the molecule is O=[N+]([O-])c1cccnc1NC1CCCC2OCCC12. The molecule has 6 heteroatoms. The number of aromatic nitrogens is 1. The number of hydrogen-bond donors (Lipinski definition) is 1. The van der Waals surface area contributed by atoms with E-state index in [9.17, 15) is 10.1 Å². The fraction of sp³-hybridized carbons (Fsp3) is 0.615. The zero-order valence-electron chi connectivity index (χ0n) is 10.6. The first-order chi connectivity index (χ1) is 9.25. The molecule has 0 bridgehead atoms. The van der Waals surface area contributed by atoms with Crippen LogP contribution >= 0.6 is 0 Å². The molecule has 1 aromatic rings. The highest BCUT2D eigenvalue weighted by Crippen LogP contribution is 2.36. The smallest absolute Gasteiger partial charge is 0.311 e. The van der Waals surface area contributed by atoms with Crippen molar-refractivity contribution in [3.8, 4) is 0 Å². The summed E-state index contributed by atoms with van der Waals surface area (Å²) in [7, 11) is 0. The Morgan fingerprint density at radius 1 is 1.42 bits per heavy atom. The van der Waals surface area contributed by atoms with Crippen LogP contribution in [0.5, 0.6) is 0 Å². The molecule has 6 nitrogen and oxygen atoms in total. The highest BCUT2D eigenvalue weighted by molar-refractivity contribution is 5.55. The number of fused-ring (bicyclic) bond motifs is 1. The summed E-state index contributed by atoms with van der Waals surface area (Å²) in [5.41, 5.74) is 0.0449. The van der Waals surface area contributed by atoms with E-state index in [0.717, 1.165) is 32.3 Å². The standard InChI is InChI=1S/C13H17N3O3/c17-16(18)11-4-2-7-14-13(11)15-10-3-1-5-12-9(10)6-8-19-12/h2,4,7,9-10,12H,1,3,5-6,8H2,(H,14,15).